The first-order valence-corrected chi connectivity index (χ1v) is 5.29. The third kappa shape index (κ3) is 1.52. The lowest BCUT2D eigenvalue weighted by molar-refractivity contribution is 0.921. The highest BCUT2D eigenvalue weighted by molar-refractivity contribution is 5.96. The third-order valence-corrected chi connectivity index (χ3v) is 2.66. The van der Waals surface area contributed by atoms with Crippen LogP contribution in [0, 0.1) is 6.92 Å². The van der Waals surface area contributed by atoms with Crippen molar-refractivity contribution in [3.05, 3.63) is 36.3 Å². The molecule has 0 atom stereocenters. The zero-order valence-corrected chi connectivity index (χ0v) is 9.31. The van der Waals surface area contributed by atoms with Gasteiger partial charge in [-0.3, -0.25) is 0 Å². The standard InChI is InChI=1S/C12H11N5/c1-7-15-12(13)11(17-16-7)9-6-14-10-5-3-2-4-8(9)10/h2-6,14H,1H3,(H2,13,15,16). The van der Waals surface area contributed by atoms with E-state index in [2.05, 4.69) is 20.2 Å². The van der Waals surface area contributed by atoms with Crippen LogP contribution in [0.1, 0.15) is 5.82 Å². The number of nitrogens with one attached hydrogen (secondary N) is 1. The van der Waals surface area contributed by atoms with Gasteiger partial charge in [-0.05, 0) is 13.0 Å². The third-order valence-electron chi connectivity index (χ3n) is 2.66. The van der Waals surface area contributed by atoms with Gasteiger partial charge in [0.15, 0.2) is 5.82 Å². The van der Waals surface area contributed by atoms with E-state index in [0.717, 1.165) is 16.5 Å². The van der Waals surface area contributed by atoms with Crippen LogP contribution in [0.4, 0.5) is 5.82 Å². The van der Waals surface area contributed by atoms with Crippen LogP contribution >= 0.6 is 0 Å². The molecule has 0 amide bonds. The quantitative estimate of drug-likeness (QED) is 0.663. The van der Waals surface area contributed by atoms with Crippen LogP contribution < -0.4 is 5.73 Å². The fourth-order valence-corrected chi connectivity index (χ4v) is 1.88. The van der Waals surface area contributed by atoms with Crippen molar-refractivity contribution in [2.45, 2.75) is 6.92 Å². The number of benzene rings is 1. The van der Waals surface area contributed by atoms with Crippen molar-refractivity contribution in [3.8, 4) is 11.3 Å². The summed E-state index contributed by atoms with van der Waals surface area (Å²) < 4.78 is 0. The Morgan fingerprint density at radius 2 is 2.00 bits per heavy atom. The predicted octanol–water partition coefficient (Wildman–Crippen LogP) is 1.91. The number of para-hydroxylation sites is 1. The summed E-state index contributed by atoms with van der Waals surface area (Å²) in [4.78, 5) is 7.30. The molecule has 0 bridgehead atoms. The SMILES string of the molecule is Cc1nnc(-c2c[nH]c3ccccc23)c(N)n1. The highest BCUT2D eigenvalue weighted by Gasteiger charge is 2.11. The Morgan fingerprint density at radius 3 is 2.82 bits per heavy atom. The summed E-state index contributed by atoms with van der Waals surface area (Å²) in [5.41, 5.74) is 8.47. The smallest absolute Gasteiger partial charge is 0.154 e. The highest BCUT2D eigenvalue weighted by atomic mass is 15.2. The zero-order chi connectivity index (χ0) is 11.8. The van der Waals surface area contributed by atoms with E-state index in [1.807, 2.05) is 30.5 Å². The Bertz CT molecular complexity index is 686. The van der Waals surface area contributed by atoms with Gasteiger partial charge in [-0.1, -0.05) is 18.2 Å². The van der Waals surface area contributed by atoms with E-state index in [4.69, 9.17) is 5.73 Å². The van der Waals surface area contributed by atoms with E-state index in [1.54, 1.807) is 6.92 Å². The number of aryl methyl sites for hydroxylation is 1. The zero-order valence-electron chi connectivity index (χ0n) is 9.31. The molecule has 0 saturated carbocycles. The molecule has 3 rings (SSSR count). The summed E-state index contributed by atoms with van der Waals surface area (Å²) in [6.45, 7) is 1.77. The van der Waals surface area contributed by atoms with E-state index < -0.39 is 0 Å². The number of nitrogens with two attached hydrogens (primary N) is 1. The second kappa shape index (κ2) is 3.55. The number of hydrogen-bond acceptors (Lipinski definition) is 4. The van der Waals surface area contributed by atoms with E-state index in [1.165, 1.54) is 0 Å². The molecule has 17 heavy (non-hydrogen) atoms. The normalized spacial score (nSPS) is 10.9. The fourth-order valence-electron chi connectivity index (χ4n) is 1.88. The molecule has 2 heterocycles. The Hall–Kier alpha value is -2.43. The van der Waals surface area contributed by atoms with Gasteiger partial charge in [-0.15, -0.1) is 10.2 Å². The number of nitrogens with zero attached hydrogens (tertiary/aromatic N) is 3. The van der Waals surface area contributed by atoms with Crippen molar-refractivity contribution in [1.29, 1.82) is 0 Å². The van der Waals surface area contributed by atoms with Crippen LogP contribution in [0.2, 0.25) is 0 Å². The number of anilines is 1. The van der Waals surface area contributed by atoms with Crippen molar-refractivity contribution in [1.82, 2.24) is 20.2 Å². The fraction of sp³-hybridized carbons (Fsp3) is 0.0833. The van der Waals surface area contributed by atoms with Gasteiger partial charge in [0.25, 0.3) is 0 Å². The van der Waals surface area contributed by atoms with Gasteiger partial charge in [0, 0.05) is 22.7 Å². The van der Waals surface area contributed by atoms with Crippen LogP contribution in [0.5, 0.6) is 0 Å². The van der Waals surface area contributed by atoms with Gasteiger partial charge in [0.1, 0.15) is 11.5 Å². The topological polar surface area (TPSA) is 80.5 Å². The molecule has 1 aromatic carbocycles. The molecule has 84 valence electrons. The minimum atomic E-state index is 0.405. The maximum absolute atomic E-state index is 5.88. The van der Waals surface area contributed by atoms with Gasteiger partial charge in [-0.2, -0.15) is 0 Å². The Labute approximate surface area is 97.7 Å². The lowest BCUT2D eigenvalue weighted by Gasteiger charge is -2.01. The molecule has 0 unspecified atom stereocenters. The van der Waals surface area contributed by atoms with Crippen molar-refractivity contribution < 1.29 is 0 Å². The molecule has 0 aliphatic heterocycles. The second-order valence-corrected chi connectivity index (χ2v) is 3.84. The summed E-state index contributed by atoms with van der Waals surface area (Å²) >= 11 is 0. The van der Waals surface area contributed by atoms with E-state index in [9.17, 15) is 0 Å². The molecule has 3 N–H and O–H groups in total. The molecule has 0 aliphatic carbocycles. The summed E-state index contributed by atoms with van der Waals surface area (Å²) in [6.07, 6.45) is 1.88. The maximum atomic E-state index is 5.88. The van der Waals surface area contributed by atoms with Crippen LogP contribution in [0.3, 0.4) is 0 Å². The van der Waals surface area contributed by atoms with Crippen LogP contribution in [-0.4, -0.2) is 20.2 Å². The number of nitrogen functional groups attached to an aromatic ring is 1. The van der Waals surface area contributed by atoms with Gasteiger partial charge >= 0.3 is 0 Å². The molecule has 3 aromatic rings. The predicted molar refractivity (Wildman–Crippen MR) is 66.3 cm³/mol. The van der Waals surface area contributed by atoms with E-state index >= 15 is 0 Å². The van der Waals surface area contributed by atoms with Crippen molar-refractivity contribution >= 4 is 16.7 Å². The van der Waals surface area contributed by atoms with E-state index in [-0.39, 0.29) is 0 Å². The van der Waals surface area contributed by atoms with Gasteiger partial charge in [0.2, 0.25) is 0 Å². The number of hydrogen-bond donors (Lipinski definition) is 2. The summed E-state index contributed by atoms with van der Waals surface area (Å²) in [5, 5.41) is 9.13. The number of H-pyrrole nitrogens is 1. The second-order valence-electron chi connectivity index (χ2n) is 3.84. The number of fused-ring (bicyclic) bond motifs is 1. The summed E-state index contributed by atoms with van der Waals surface area (Å²) in [7, 11) is 0. The lowest BCUT2D eigenvalue weighted by Crippen LogP contribution is -2.01. The molecular weight excluding hydrogens is 214 g/mol. The van der Waals surface area contributed by atoms with E-state index in [0.29, 0.717) is 17.3 Å². The highest BCUT2D eigenvalue weighted by Crippen LogP contribution is 2.29. The largest absolute Gasteiger partial charge is 0.382 e. The first-order valence-electron chi connectivity index (χ1n) is 5.29. The van der Waals surface area contributed by atoms with Crippen LogP contribution in [0.15, 0.2) is 30.5 Å². The number of rotatable bonds is 1. The van der Waals surface area contributed by atoms with Gasteiger partial charge < -0.3 is 10.7 Å². The Balaban J connectivity index is 2.27. The molecule has 5 nitrogen and oxygen atoms in total. The molecule has 0 radical (unpaired) electrons. The lowest BCUT2D eigenvalue weighted by atomic mass is 10.1. The average molecular weight is 225 g/mol. The minimum Gasteiger partial charge on any atom is -0.382 e. The molecule has 5 heteroatoms. The first-order chi connectivity index (χ1) is 8.25. The monoisotopic (exact) mass is 225 g/mol. The van der Waals surface area contributed by atoms with Crippen LogP contribution in [0.25, 0.3) is 22.2 Å². The maximum Gasteiger partial charge on any atom is 0.154 e. The molecule has 0 aliphatic rings. The molecule has 0 fully saturated rings. The van der Waals surface area contributed by atoms with Gasteiger partial charge in [-0.25, -0.2) is 4.98 Å². The number of aromatic amines is 1. The Morgan fingerprint density at radius 1 is 1.18 bits per heavy atom. The molecular formula is C12H11N5. The molecule has 0 spiro atoms. The average Bonchev–Trinajstić information content (AvgIpc) is 2.73. The van der Waals surface area contributed by atoms with Gasteiger partial charge in [0.05, 0.1) is 0 Å². The van der Waals surface area contributed by atoms with Crippen LogP contribution in [-0.2, 0) is 0 Å². The minimum absolute atomic E-state index is 0.405. The summed E-state index contributed by atoms with van der Waals surface area (Å²) in [6, 6.07) is 7.97. The number of aromatic nitrogens is 4. The molecule has 2 aromatic heterocycles. The molecule has 0 saturated heterocycles. The van der Waals surface area contributed by atoms with Crippen molar-refractivity contribution in [2.75, 3.05) is 5.73 Å². The summed E-state index contributed by atoms with van der Waals surface area (Å²) in [5.74, 6) is 0.980. The first kappa shape index (κ1) is 9.77. The van der Waals surface area contributed by atoms with Crippen molar-refractivity contribution in [2.24, 2.45) is 0 Å². The Kier molecular flexibility index (Phi) is 2.04. The van der Waals surface area contributed by atoms with Crippen molar-refractivity contribution in [3.63, 3.8) is 0 Å².